The highest BCUT2D eigenvalue weighted by atomic mass is 16.3. The van der Waals surface area contributed by atoms with Crippen molar-refractivity contribution in [3.05, 3.63) is 29.3 Å². The smallest absolute Gasteiger partial charge is 0.251 e. The first-order chi connectivity index (χ1) is 10.6. The fourth-order valence-electron chi connectivity index (χ4n) is 3.87. The van der Waals surface area contributed by atoms with Crippen LogP contribution in [0.1, 0.15) is 48.0 Å². The number of phenols is 1. The number of aryl methyl sites for hydroxylation is 1. The minimum atomic E-state index is -0.0307. The number of nitrogens with one attached hydrogen (secondary N) is 1. The summed E-state index contributed by atoms with van der Waals surface area (Å²) in [5, 5.41) is 12.5. The highest BCUT2D eigenvalue weighted by Gasteiger charge is 2.29. The number of carbonyl (C=O) groups excluding carboxylic acids is 1. The third-order valence-corrected chi connectivity index (χ3v) is 5.16. The molecule has 1 amide bonds. The molecule has 3 rings (SSSR count). The summed E-state index contributed by atoms with van der Waals surface area (Å²) in [5.41, 5.74) is 1.47. The quantitative estimate of drug-likeness (QED) is 0.899. The first-order valence-electron chi connectivity index (χ1n) is 8.45. The first-order valence-corrected chi connectivity index (χ1v) is 8.45. The number of phenolic OH excluding ortho intramolecular Hbond substituents is 1. The maximum Gasteiger partial charge on any atom is 0.251 e. The molecule has 1 heterocycles. The molecule has 1 saturated heterocycles. The van der Waals surface area contributed by atoms with Crippen LogP contribution in [-0.4, -0.2) is 41.6 Å². The molecule has 2 fully saturated rings. The monoisotopic (exact) mass is 302 g/mol. The molecule has 0 radical (unpaired) electrons. The van der Waals surface area contributed by atoms with E-state index >= 15 is 0 Å². The van der Waals surface area contributed by atoms with Gasteiger partial charge in [-0.05, 0) is 62.4 Å². The van der Waals surface area contributed by atoms with E-state index in [1.807, 2.05) is 6.92 Å². The van der Waals surface area contributed by atoms with Gasteiger partial charge in [-0.3, -0.25) is 4.79 Å². The van der Waals surface area contributed by atoms with Crippen molar-refractivity contribution in [2.45, 2.75) is 45.1 Å². The van der Waals surface area contributed by atoms with E-state index in [1.54, 1.807) is 18.2 Å². The van der Waals surface area contributed by atoms with Gasteiger partial charge in [0.2, 0.25) is 0 Å². The summed E-state index contributed by atoms with van der Waals surface area (Å²) in [4.78, 5) is 14.9. The lowest BCUT2D eigenvalue weighted by Crippen LogP contribution is -2.34. The summed E-state index contributed by atoms with van der Waals surface area (Å²) in [7, 11) is 0. The molecule has 1 aliphatic carbocycles. The van der Waals surface area contributed by atoms with Gasteiger partial charge < -0.3 is 15.3 Å². The molecular weight excluding hydrogens is 276 g/mol. The van der Waals surface area contributed by atoms with Gasteiger partial charge in [0.15, 0.2) is 0 Å². The van der Waals surface area contributed by atoms with Crippen molar-refractivity contribution in [3.8, 4) is 5.75 Å². The number of rotatable bonds is 4. The van der Waals surface area contributed by atoms with Crippen LogP contribution in [0.25, 0.3) is 0 Å². The Morgan fingerprint density at radius 1 is 1.32 bits per heavy atom. The van der Waals surface area contributed by atoms with Crippen LogP contribution in [0.3, 0.4) is 0 Å². The molecule has 4 nitrogen and oxygen atoms in total. The molecule has 0 bridgehead atoms. The van der Waals surface area contributed by atoms with E-state index in [2.05, 4.69) is 10.2 Å². The highest BCUT2D eigenvalue weighted by molar-refractivity contribution is 5.95. The minimum Gasteiger partial charge on any atom is -0.508 e. The molecule has 1 aromatic rings. The molecule has 0 spiro atoms. The molecular formula is C18H26N2O2. The average molecular weight is 302 g/mol. The van der Waals surface area contributed by atoms with Gasteiger partial charge in [-0.2, -0.15) is 0 Å². The maximum atomic E-state index is 12.3. The molecule has 22 heavy (non-hydrogen) atoms. The van der Waals surface area contributed by atoms with Crippen LogP contribution in [0.2, 0.25) is 0 Å². The van der Waals surface area contributed by atoms with Crippen LogP contribution in [0.15, 0.2) is 18.2 Å². The van der Waals surface area contributed by atoms with E-state index < -0.39 is 0 Å². The fourth-order valence-corrected chi connectivity index (χ4v) is 3.87. The van der Waals surface area contributed by atoms with Crippen molar-refractivity contribution in [2.24, 2.45) is 5.92 Å². The van der Waals surface area contributed by atoms with Crippen molar-refractivity contribution in [3.63, 3.8) is 0 Å². The lowest BCUT2D eigenvalue weighted by atomic mass is 10.1. The lowest BCUT2D eigenvalue weighted by Gasteiger charge is -2.23. The zero-order valence-electron chi connectivity index (χ0n) is 13.3. The van der Waals surface area contributed by atoms with Crippen molar-refractivity contribution >= 4 is 5.91 Å². The van der Waals surface area contributed by atoms with Crippen molar-refractivity contribution in [1.29, 1.82) is 0 Å². The molecule has 2 aliphatic rings. The Bertz CT molecular complexity index is 538. The normalized spacial score (nSPS) is 23.0. The second-order valence-electron chi connectivity index (χ2n) is 6.80. The predicted molar refractivity (Wildman–Crippen MR) is 87.1 cm³/mol. The van der Waals surface area contributed by atoms with Crippen molar-refractivity contribution in [1.82, 2.24) is 10.2 Å². The zero-order chi connectivity index (χ0) is 15.5. The molecule has 1 unspecified atom stereocenters. The number of hydrogen-bond donors (Lipinski definition) is 2. The number of amides is 1. The lowest BCUT2D eigenvalue weighted by molar-refractivity contribution is 0.0946. The van der Waals surface area contributed by atoms with Crippen LogP contribution in [0.5, 0.6) is 5.75 Å². The molecule has 1 saturated carbocycles. The predicted octanol–water partition coefficient (Wildman–Crippen LogP) is 2.69. The Morgan fingerprint density at radius 2 is 2.09 bits per heavy atom. The summed E-state index contributed by atoms with van der Waals surface area (Å²) in [5.74, 6) is 0.746. The molecule has 120 valence electrons. The number of aromatic hydroxyl groups is 1. The van der Waals surface area contributed by atoms with Gasteiger partial charge in [-0.1, -0.05) is 12.8 Å². The van der Waals surface area contributed by atoms with Crippen LogP contribution in [-0.2, 0) is 0 Å². The highest BCUT2D eigenvalue weighted by Crippen LogP contribution is 2.28. The average Bonchev–Trinajstić information content (AvgIpc) is 3.16. The maximum absolute atomic E-state index is 12.3. The summed E-state index contributed by atoms with van der Waals surface area (Å²) >= 11 is 0. The number of nitrogens with zero attached hydrogens (tertiary/aromatic N) is 1. The number of carbonyl (C=O) groups is 1. The summed E-state index contributed by atoms with van der Waals surface area (Å²) < 4.78 is 0. The van der Waals surface area contributed by atoms with E-state index in [0.717, 1.165) is 24.7 Å². The molecule has 4 heteroatoms. The van der Waals surface area contributed by atoms with E-state index in [1.165, 1.54) is 38.6 Å². The molecule has 1 atom stereocenters. The van der Waals surface area contributed by atoms with Gasteiger partial charge in [0.1, 0.15) is 5.75 Å². The van der Waals surface area contributed by atoms with Crippen LogP contribution in [0.4, 0.5) is 0 Å². The van der Waals surface area contributed by atoms with Gasteiger partial charge in [-0.15, -0.1) is 0 Å². The molecule has 1 aromatic carbocycles. The SMILES string of the molecule is Cc1cc(O)ccc1C(=O)NCC1CCN(C2CCCC2)C1. The van der Waals surface area contributed by atoms with Gasteiger partial charge in [0.25, 0.3) is 5.91 Å². The summed E-state index contributed by atoms with van der Waals surface area (Å²) in [6.45, 7) is 4.91. The topological polar surface area (TPSA) is 52.6 Å². The fraction of sp³-hybridized carbons (Fsp3) is 0.611. The molecule has 0 aromatic heterocycles. The summed E-state index contributed by atoms with van der Waals surface area (Å²) in [6, 6.07) is 5.69. The van der Waals surface area contributed by atoms with E-state index in [0.29, 0.717) is 11.5 Å². The van der Waals surface area contributed by atoms with Gasteiger partial charge in [0.05, 0.1) is 0 Å². The number of hydrogen-bond acceptors (Lipinski definition) is 3. The van der Waals surface area contributed by atoms with Gasteiger partial charge in [-0.25, -0.2) is 0 Å². The van der Waals surface area contributed by atoms with E-state index in [9.17, 15) is 9.90 Å². The molecule has 2 N–H and O–H groups in total. The van der Waals surface area contributed by atoms with Crippen LogP contribution in [0, 0.1) is 12.8 Å². The number of likely N-dealkylation sites (tertiary alicyclic amines) is 1. The standard InChI is InChI=1S/C18H26N2O2/c1-13-10-16(21)6-7-17(13)18(22)19-11-14-8-9-20(12-14)15-4-2-3-5-15/h6-7,10,14-15,21H,2-5,8-9,11-12H2,1H3,(H,19,22). The largest absolute Gasteiger partial charge is 0.508 e. The molecule has 1 aliphatic heterocycles. The third-order valence-electron chi connectivity index (χ3n) is 5.16. The van der Waals surface area contributed by atoms with Crippen LogP contribution < -0.4 is 5.32 Å². The van der Waals surface area contributed by atoms with Gasteiger partial charge >= 0.3 is 0 Å². The minimum absolute atomic E-state index is 0.0307. The van der Waals surface area contributed by atoms with E-state index in [4.69, 9.17) is 0 Å². The Labute approximate surface area is 132 Å². The van der Waals surface area contributed by atoms with Crippen LogP contribution >= 0.6 is 0 Å². The van der Waals surface area contributed by atoms with Crippen molar-refractivity contribution in [2.75, 3.05) is 19.6 Å². The van der Waals surface area contributed by atoms with E-state index in [-0.39, 0.29) is 11.7 Å². The summed E-state index contributed by atoms with van der Waals surface area (Å²) in [6.07, 6.45) is 6.65. The first kappa shape index (κ1) is 15.3. The van der Waals surface area contributed by atoms with Crippen molar-refractivity contribution < 1.29 is 9.90 Å². The zero-order valence-corrected chi connectivity index (χ0v) is 13.3. The Hall–Kier alpha value is -1.55. The Kier molecular flexibility index (Phi) is 4.67. The second kappa shape index (κ2) is 6.69. The third kappa shape index (κ3) is 3.43. The Morgan fingerprint density at radius 3 is 2.82 bits per heavy atom. The van der Waals surface area contributed by atoms with Gasteiger partial charge in [0, 0.05) is 24.7 Å². The Balaban J connectivity index is 1.49. The number of benzene rings is 1. The second-order valence-corrected chi connectivity index (χ2v) is 6.80.